The van der Waals surface area contributed by atoms with Crippen molar-refractivity contribution in [3.63, 3.8) is 0 Å². The Balaban J connectivity index is 1.59. The molecule has 5 rings (SSSR count). The smallest absolute Gasteiger partial charge is 0.418 e. The predicted molar refractivity (Wildman–Crippen MR) is 149 cm³/mol. The van der Waals surface area contributed by atoms with Gasteiger partial charge in [-0.1, -0.05) is 70.5 Å². The Kier molecular flexibility index (Phi) is 7.38. The molecule has 0 spiro atoms. The number of anilines is 1. The van der Waals surface area contributed by atoms with E-state index in [1.807, 2.05) is 72.8 Å². The van der Waals surface area contributed by atoms with Gasteiger partial charge in [0.1, 0.15) is 5.75 Å². The van der Waals surface area contributed by atoms with Crippen molar-refractivity contribution in [2.75, 3.05) is 12.4 Å². The highest BCUT2D eigenvalue weighted by Crippen LogP contribution is 2.39. The predicted octanol–water partition coefficient (Wildman–Crippen LogP) is 8.89. The van der Waals surface area contributed by atoms with Gasteiger partial charge in [-0.3, -0.25) is 4.98 Å². The van der Waals surface area contributed by atoms with Crippen molar-refractivity contribution >= 4 is 32.5 Å². The normalized spacial score (nSPS) is 11.5. The summed E-state index contributed by atoms with van der Waals surface area (Å²) in [5, 5.41) is 3.90. The van der Waals surface area contributed by atoms with Crippen LogP contribution >= 0.6 is 15.9 Å². The number of benzene rings is 4. The fraction of sp³-hybridized carbons (Fsp3) is 0.129. The molecule has 1 heterocycles. The van der Waals surface area contributed by atoms with E-state index >= 15 is 0 Å². The summed E-state index contributed by atoms with van der Waals surface area (Å²) in [5.41, 5.74) is 4.49. The summed E-state index contributed by atoms with van der Waals surface area (Å²) in [4.78, 5) is 4.30. The minimum Gasteiger partial charge on any atom is -0.496 e. The van der Waals surface area contributed by atoms with E-state index in [0.29, 0.717) is 18.4 Å². The Bertz CT molecular complexity index is 1590. The average Bonchev–Trinajstić information content (AvgIpc) is 2.91. The fourth-order valence-corrected chi connectivity index (χ4v) is 5.06. The van der Waals surface area contributed by atoms with Gasteiger partial charge in [-0.2, -0.15) is 13.2 Å². The van der Waals surface area contributed by atoms with Gasteiger partial charge in [-0.25, -0.2) is 0 Å². The molecule has 0 unspecified atom stereocenters. The van der Waals surface area contributed by atoms with Crippen molar-refractivity contribution in [1.82, 2.24) is 4.98 Å². The number of nitrogens with one attached hydrogen (secondary N) is 1. The summed E-state index contributed by atoms with van der Waals surface area (Å²) in [5.74, 6) is 0.766. The van der Waals surface area contributed by atoms with Gasteiger partial charge >= 0.3 is 6.18 Å². The van der Waals surface area contributed by atoms with Crippen molar-refractivity contribution < 1.29 is 17.9 Å². The van der Waals surface area contributed by atoms with Gasteiger partial charge in [-0.05, 0) is 65.1 Å². The van der Waals surface area contributed by atoms with Crippen molar-refractivity contribution in [3.05, 3.63) is 124 Å². The van der Waals surface area contributed by atoms with Crippen molar-refractivity contribution in [1.29, 1.82) is 0 Å². The number of fused-ring (bicyclic) bond motifs is 1. The SMILES string of the molecule is COc1ccc(Br)cc1CNc1cccc(-c2c(Cc3ccccc3)cnc3c(C(F)(F)F)cccc23)c1. The Morgan fingerprint density at radius 1 is 0.868 bits per heavy atom. The standard InChI is InChI=1S/C31H24BrF3N2O/c1-38-28-14-13-24(32)16-22(28)18-36-25-10-5-9-21(17-25)29-23(15-20-7-3-2-4-8-20)19-37-30-26(29)11-6-12-27(30)31(33,34)35/h2-14,16-17,19,36H,15,18H2,1H3. The van der Waals surface area contributed by atoms with Crippen LogP contribution in [-0.4, -0.2) is 12.1 Å². The molecule has 0 aliphatic rings. The lowest BCUT2D eigenvalue weighted by Crippen LogP contribution is -2.07. The first kappa shape index (κ1) is 25.8. The number of nitrogens with zero attached hydrogens (tertiary/aromatic N) is 1. The molecule has 0 fully saturated rings. The molecular formula is C31H24BrF3N2O. The summed E-state index contributed by atoms with van der Waals surface area (Å²) in [6, 6.07) is 27.6. The number of rotatable bonds is 7. The van der Waals surface area contributed by atoms with E-state index in [-0.39, 0.29) is 5.52 Å². The molecule has 0 bridgehead atoms. The minimum atomic E-state index is -4.50. The topological polar surface area (TPSA) is 34.1 Å². The minimum absolute atomic E-state index is 0.0518. The summed E-state index contributed by atoms with van der Waals surface area (Å²) < 4.78 is 48.0. The summed E-state index contributed by atoms with van der Waals surface area (Å²) in [7, 11) is 1.63. The molecule has 7 heteroatoms. The maximum absolute atomic E-state index is 13.9. The number of alkyl halides is 3. The van der Waals surface area contributed by atoms with Gasteiger partial charge in [0.05, 0.1) is 18.2 Å². The van der Waals surface area contributed by atoms with Crippen LogP contribution in [0.15, 0.2) is 102 Å². The molecule has 3 nitrogen and oxygen atoms in total. The number of aromatic nitrogens is 1. The van der Waals surface area contributed by atoms with Gasteiger partial charge < -0.3 is 10.1 Å². The second-order valence-corrected chi connectivity index (χ2v) is 9.83. The highest BCUT2D eigenvalue weighted by molar-refractivity contribution is 9.10. The van der Waals surface area contributed by atoms with Gasteiger partial charge in [0.25, 0.3) is 0 Å². The van der Waals surface area contributed by atoms with E-state index in [1.165, 1.54) is 6.07 Å². The second kappa shape index (κ2) is 10.9. The monoisotopic (exact) mass is 576 g/mol. The van der Waals surface area contributed by atoms with Crippen LogP contribution in [0.5, 0.6) is 5.75 Å². The quantitative estimate of drug-likeness (QED) is 0.210. The van der Waals surface area contributed by atoms with E-state index in [1.54, 1.807) is 19.4 Å². The van der Waals surface area contributed by atoms with Crippen LogP contribution in [0, 0.1) is 0 Å². The molecule has 192 valence electrons. The second-order valence-electron chi connectivity index (χ2n) is 8.91. The molecule has 38 heavy (non-hydrogen) atoms. The zero-order valence-electron chi connectivity index (χ0n) is 20.5. The fourth-order valence-electron chi connectivity index (χ4n) is 4.65. The number of hydrogen-bond acceptors (Lipinski definition) is 3. The lowest BCUT2D eigenvalue weighted by Gasteiger charge is -2.17. The first-order valence-corrected chi connectivity index (χ1v) is 12.8. The number of halogens is 4. The van der Waals surface area contributed by atoms with Crippen LogP contribution in [0.4, 0.5) is 18.9 Å². The summed E-state index contributed by atoms with van der Waals surface area (Å²) in [6.45, 7) is 0.512. The zero-order chi connectivity index (χ0) is 26.7. The molecule has 1 aromatic heterocycles. The molecule has 0 saturated carbocycles. The lowest BCUT2D eigenvalue weighted by molar-refractivity contribution is -0.136. The van der Waals surface area contributed by atoms with E-state index in [4.69, 9.17) is 4.74 Å². The van der Waals surface area contributed by atoms with Gasteiger partial charge in [0, 0.05) is 33.9 Å². The van der Waals surface area contributed by atoms with Crippen LogP contribution in [0.25, 0.3) is 22.0 Å². The largest absolute Gasteiger partial charge is 0.496 e. The van der Waals surface area contributed by atoms with Crippen LogP contribution < -0.4 is 10.1 Å². The Morgan fingerprint density at radius 2 is 1.66 bits per heavy atom. The third-order valence-corrected chi connectivity index (χ3v) is 6.89. The summed E-state index contributed by atoms with van der Waals surface area (Å²) in [6.07, 6.45) is -2.38. The molecule has 5 aromatic rings. The Morgan fingerprint density at radius 3 is 2.42 bits per heavy atom. The Labute approximate surface area is 227 Å². The first-order chi connectivity index (χ1) is 18.3. The van der Waals surface area contributed by atoms with E-state index in [2.05, 4.69) is 26.2 Å². The maximum Gasteiger partial charge on any atom is 0.418 e. The third kappa shape index (κ3) is 5.53. The first-order valence-electron chi connectivity index (χ1n) is 12.0. The number of pyridine rings is 1. The van der Waals surface area contributed by atoms with Crippen molar-refractivity contribution in [3.8, 4) is 16.9 Å². The molecule has 0 aliphatic heterocycles. The van der Waals surface area contributed by atoms with Gasteiger partial charge in [-0.15, -0.1) is 0 Å². The van der Waals surface area contributed by atoms with Gasteiger partial charge in [0.2, 0.25) is 0 Å². The van der Waals surface area contributed by atoms with Gasteiger partial charge in [0.15, 0.2) is 0 Å². The molecule has 0 atom stereocenters. The van der Waals surface area contributed by atoms with E-state index < -0.39 is 11.7 Å². The van der Waals surface area contributed by atoms with Crippen molar-refractivity contribution in [2.45, 2.75) is 19.1 Å². The van der Waals surface area contributed by atoms with Crippen molar-refractivity contribution in [2.24, 2.45) is 0 Å². The summed E-state index contributed by atoms with van der Waals surface area (Å²) >= 11 is 3.50. The third-order valence-electron chi connectivity index (χ3n) is 6.40. The molecule has 0 saturated heterocycles. The average molecular weight is 577 g/mol. The maximum atomic E-state index is 13.9. The molecule has 0 amide bonds. The molecule has 4 aromatic carbocycles. The van der Waals surface area contributed by atoms with Crippen LogP contribution in [-0.2, 0) is 19.1 Å². The number of methoxy groups -OCH3 is 1. The molecule has 0 radical (unpaired) electrons. The highest BCUT2D eigenvalue weighted by atomic mass is 79.9. The molecule has 1 N–H and O–H groups in total. The van der Waals surface area contributed by atoms with E-state index in [9.17, 15) is 13.2 Å². The van der Waals surface area contributed by atoms with Crippen LogP contribution in [0.1, 0.15) is 22.3 Å². The number of hydrogen-bond donors (Lipinski definition) is 1. The highest BCUT2D eigenvalue weighted by Gasteiger charge is 2.33. The lowest BCUT2D eigenvalue weighted by atomic mass is 9.91. The van der Waals surface area contributed by atoms with Crippen LogP contribution in [0.2, 0.25) is 0 Å². The Hall–Kier alpha value is -3.84. The van der Waals surface area contributed by atoms with Crippen LogP contribution in [0.3, 0.4) is 0 Å². The molecular weight excluding hydrogens is 553 g/mol. The van der Waals surface area contributed by atoms with E-state index in [0.717, 1.165) is 49.8 Å². The zero-order valence-corrected chi connectivity index (χ0v) is 22.1. The number of ether oxygens (including phenoxy) is 1. The number of para-hydroxylation sites is 1. The molecule has 0 aliphatic carbocycles.